The first kappa shape index (κ1) is 43.9. The molecule has 4 N–H and O–H groups in total. The smallest absolute Gasteiger partial charge is 0.264 e. The number of aromatic amines is 1. The number of nitro groups is 1. The molecule has 346 valence electrons. The Morgan fingerprint density at radius 1 is 1.08 bits per heavy atom. The van der Waals surface area contributed by atoms with Crippen molar-refractivity contribution in [3.63, 3.8) is 0 Å². The Morgan fingerprint density at radius 3 is 2.66 bits per heavy atom. The van der Waals surface area contributed by atoms with Gasteiger partial charge in [0.25, 0.3) is 17.5 Å². The van der Waals surface area contributed by atoms with Gasteiger partial charge in [0.15, 0.2) is 5.75 Å². The number of piperazine rings is 1. The van der Waals surface area contributed by atoms with Crippen LogP contribution in [0, 0.1) is 27.3 Å². The number of hydrogen-bond donors (Lipinski definition) is 4. The maximum Gasteiger partial charge on any atom is 0.264 e. The number of aliphatic hydroxyl groups excluding tert-OH is 1. The monoisotopic (exact) mass is 911 g/mol. The van der Waals surface area contributed by atoms with Crippen molar-refractivity contribution >= 4 is 34.6 Å². The van der Waals surface area contributed by atoms with E-state index in [0.29, 0.717) is 55.2 Å². The molecule has 3 aliphatic heterocycles. The highest BCUT2D eigenvalue weighted by atomic mass is 32.2. The minimum absolute atomic E-state index is 0.117. The van der Waals surface area contributed by atoms with Crippen LogP contribution in [0.4, 0.5) is 10.1 Å². The van der Waals surface area contributed by atoms with Crippen molar-refractivity contribution in [2.45, 2.75) is 101 Å². The summed E-state index contributed by atoms with van der Waals surface area (Å²) in [5.41, 5.74) is 2.70. The number of anilines is 1. The van der Waals surface area contributed by atoms with Crippen molar-refractivity contribution in [2.24, 2.45) is 11.3 Å². The molecule has 2 unspecified atom stereocenters. The summed E-state index contributed by atoms with van der Waals surface area (Å²) in [5, 5.41) is 25.4. The van der Waals surface area contributed by atoms with Crippen LogP contribution < -0.4 is 29.1 Å². The Labute approximate surface area is 381 Å². The average Bonchev–Trinajstić information content (AvgIpc) is 3.64. The molecular weight excluding hydrogens is 854 g/mol. The third kappa shape index (κ3) is 9.50. The molecule has 4 aromatic rings. The molecule has 18 heteroatoms. The van der Waals surface area contributed by atoms with Crippen LogP contribution in [-0.2, 0) is 6.54 Å². The quantitative estimate of drug-likeness (QED) is 0.0654. The number of aromatic nitrogens is 3. The zero-order valence-electron chi connectivity index (χ0n) is 37.0. The van der Waals surface area contributed by atoms with E-state index < -0.39 is 17.3 Å². The van der Waals surface area contributed by atoms with Crippen LogP contribution in [0.5, 0.6) is 23.1 Å². The molecule has 6 heterocycles. The Morgan fingerprint density at radius 2 is 1.88 bits per heavy atom. The van der Waals surface area contributed by atoms with Crippen LogP contribution in [0.15, 0.2) is 60.7 Å². The Bertz CT molecular complexity index is 2440. The minimum atomic E-state index is -0.452. The number of H-pyrrole nitrogens is 1. The Balaban J connectivity index is 0.755. The molecule has 1 aromatic carbocycles. The number of nitrogens with one attached hydrogen (secondary N) is 3. The van der Waals surface area contributed by atoms with Gasteiger partial charge in [-0.25, -0.2) is 14.4 Å². The van der Waals surface area contributed by atoms with Gasteiger partial charge in [0.05, 0.1) is 34.2 Å². The number of fused-ring (bicyclic) bond motifs is 2. The van der Waals surface area contributed by atoms with Gasteiger partial charge in [0.1, 0.15) is 35.2 Å². The van der Waals surface area contributed by atoms with E-state index in [4.69, 9.17) is 14.2 Å². The molecule has 0 bridgehead atoms. The maximum atomic E-state index is 14.6. The standard InChI is InChI=1S/C47H58FN9O7S/c1-46(2)28-62-42-30(11-12-49-45(42)64-46)25-54-13-15-55(16-14-54)32-20-47(21-32)26-56(27-47)31-5-9-36(41(17-31)63-34-18-37-38(48)24-52-43(37)51-23-34)44(59)53-65-35-8-10-39(40(19-35)57(60)61)50-22-29-3-6-33(58)7-4-29/h5,9,11-12,17-19,23-24,29,32-33,35,39,50,58H,3-4,6-8,10,13-16,20-22,25-28H2,1-2H3,(H,51,52)(H,53,59). The normalized spacial score (nSPS) is 25.4. The van der Waals surface area contributed by atoms with Crippen molar-refractivity contribution < 1.29 is 33.4 Å². The SMILES string of the molecule is CC1(C)COc2c(CN3CCN(C4CC5(C4)CN(c4ccc(C(=O)NSC6C=C([N+](=O)[O-])C(NCC7CCC(O)CC7)CC6)c(Oc6cnc7[nH]cc(F)c7c6)c4)C5)CC3)ccnc2O1. The number of pyridine rings is 2. The second kappa shape index (κ2) is 18.0. The molecule has 2 atom stereocenters. The molecule has 2 saturated carbocycles. The lowest BCUT2D eigenvalue weighted by atomic mass is 9.60. The first-order valence-electron chi connectivity index (χ1n) is 23.1. The number of carbonyl (C=O) groups is 1. The lowest BCUT2D eigenvalue weighted by molar-refractivity contribution is -0.431. The lowest BCUT2D eigenvalue weighted by Crippen LogP contribution is -2.68. The third-order valence-electron chi connectivity index (χ3n) is 14.3. The number of carbonyl (C=O) groups excluding carboxylic acids is 1. The molecule has 0 radical (unpaired) electrons. The zero-order valence-corrected chi connectivity index (χ0v) is 37.8. The van der Waals surface area contributed by atoms with Gasteiger partial charge in [-0.15, -0.1) is 0 Å². The summed E-state index contributed by atoms with van der Waals surface area (Å²) in [6.45, 7) is 11.8. The van der Waals surface area contributed by atoms with E-state index in [9.17, 15) is 24.4 Å². The van der Waals surface area contributed by atoms with Gasteiger partial charge in [-0.3, -0.25) is 29.4 Å². The summed E-state index contributed by atoms with van der Waals surface area (Å²) in [7, 11) is 0. The van der Waals surface area contributed by atoms with Crippen LogP contribution in [0.25, 0.3) is 11.0 Å². The molecule has 65 heavy (non-hydrogen) atoms. The van der Waals surface area contributed by atoms with Gasteiger partial charge in [-0.05, 0) is 114 Å². The summed E-state index contributed by atoms with van der Waals surface area (Å²) in [6.07, 6.45) is 12.8. The highest BCUT2D eigenvalue weighted by Crippen LogP contribution is 2.52. The number of hydrogen-bond acceptors (Lipinski definition) is 14. The van der Waals surface area contributed by atoms with E-state index in [-0.39, 0.29) is 50.1 Å². The van der Waals surface area contributed by atoms with Crippen molar-refractivity contribution in [3.8, 4) is 23.1 Å². The number of amides is 1. The van der Waals surface area contributed by atoms with Gasteiger partial charge < -0.3 is 34.5 Å². The zero-order chi connectivity index (χ0) is 44.9. The predicted molar refractivity (Wildman–Crippen MR) is 244 cm³/mol. The molecule has 6 aliphatic rings. The second-order valence-electron chi connectivity index (χ2n) is 19.6. The topological polar surface area (TPSA) is 183 Å². The molecule has 2 saturated heterocycles. The van der Waals surface area contributed by atoms with E-state index in [1.165, 1.54) is 12.4 Å². The van der Waals surface area contributed by atoms with Gasteiger partial charge in [0.2, 0.25) is 0 Å². The number of ether oxygens (including phenoxy) is 3. The van der Waals surface area contributed by atoms with Crippen molar-refractivity contribution in [2.75, 3.05) is 57.3 Å². The molecule has 1 amide bonds. The van der Waals surface area contributed by atoms with Crippen LogP contribution in [0.2, 0.25) is 0 Å². The average molecular weight is 912 g/mol. The van der Waals surface area contributed by atoms with E-state index in [2.05, 4.69) is 39.7 Å². The Hall–Kier alpha value is -5.01. The molecule has 1 spiro atoms. The van der Waals surface area contributed by atoms with Crippen LogP contribution in [0.3, 0.4) is 0 Å². The molecule has 3 aliphatic carbocycles. The molecule has 4 fully saturated rings. The Kier molecular flexibility index (Phi) is 12.1. The lowest BCUT2D eigenvalue weighted by Gasteiger charge is -2.62. The number of aliphatic hydroxyl groups is 1. The van der Waals surface area contributed by atoms with E-state index >= 15 is 0 Å². The summed E-state index contributed by atoms with van der Waals surface area (Å²) < 4.78 is 36.0. The predicted octanol–water partition coefficient (Wildman–Crippen LogP) is 6.44. The highest BCUT2D eigenvalue weighted by Gasteiger charge is 2.54. The van der Waals surface area contributed by atoms with Crippen LogP contribution in [0.1, 0.15) is 81.1 Å². The first-order chi connectivity index (χ1) is 31.4. The van der Waals surface area contributed by atoms with Crippen molar-refractivity contribution in [1.29, 1.82) is 0 Å². The van der Waals surface area contributed by atoms with Crippen molar-refractivity contribution in [1.82, 2.24) is 34.8 Å². The van der Waals surface area contributed by atoms with Gasteiger partial charge in [-0.2, -0.15) is 0 Å². The van der Waals surface area contributed by atoms with E-state index in [0.717, 1.165) is 113 Å². The fraction of sp³-hybridized carbons (Fsp3) is 0.553. The molecular formula is C47H58FN9O7S. The largest absolute Gasteiger partial charge is 0.483 e. The summed E-state index contributed by atoms with van der Waals surface area (Å²) >= 11 is 1.16. The molecule has 10 rings (SSSR count). The van der Waals surface area contributed by atoms with Gasteiger partial charge in [0, 0.05) is 98.3 Å². The van der Waals surface area contributed by atoms with Gasteiger partial charge >= 0.3 is 0 Å². The third-order valence-corrected chi connectivity index (χ3v) is 15.3. The molecule has 16 nitrogen and oxygen atoms in total. The second-order valence-corrected chi connectivity index (χ2v) is 20.7. The summed E-state index contributed by atoms with van der Waals surface area (Å²) in [5.74, 6) is 1.48. The van der Waals surface area contributed by atoms with E-state index in [1.54, 1.807) is 18.2 Å². The van der Waals surface area contributed by atoms with Crippen LogP contribution >= 0.6 is 11.9 Å². The maximum absolute atomic E-state index is 14.6. The van der Waals surface area contributed by atoms with E-state index in [1.807, 2.05) is 38.2 Å². The first-order valence-corrected chi connectivity index (χ1v) is 23.9. The highest BCUT2D eigenvalue weighted by molar-refractivity contribution is 7.98. The summed E-state index contributed by atoms with van der Waals surface area (Å²) in [4.78, 5) is 44.7. The number of halogens is 1. The van der Waals surface area contributed by atoms with Crippen molar-refractivity contribution in [3.05, 3.63) is 87.8 Å². The van der Waals surface area contributed by atoms with Gasteiger partial charge in [-0.1, -0.05) is 0 Å². The number of benzene rings is 1. The minimum Gasteiger partial charge on any atom is -0.483 e. The number of rotatable bonds is 13. The van der Waals surface area contributed by atoms with Crippen LogP contribution in [-0.4, -0.2) is 122 Å². The summed E-state index contributed by atoms with van der Waals surface area (Å²) in [6, 6.07) is 9.35. The number of nitrogens with zero attached hydrogens (tertiary/aromatic N) is 6. The fourth-order valence-corrected chi connectivity index (χ4v) is 11.4. The fourth-order valence-electron chi connectivity index (χ4n) is 10.6. The molecule has 3 aromatic heterocycles.